The van der Waals surface area contributed by atoms with Crippen LogP contribution in [0, 0.1) is 17.5 Å². The van der Waals surface area contributed by atoms with Crippen molar-refractivity contribution in [2.24, 2.45) is 0 Å². The maximum atomic E-state index is 15.1. The largest absolute Gasteiger partial charge is 0.494 e. The molecular weight excluding hydrogens is 529 g/mol. The summed E-state index contributed by atoms with van der Waals surface area (Å²) in [5, 5.41) is 0. The van der Waals surface area contributed by atoms with Gasteiger partial charge in [-0.2, -0.15) is 0 Å². The number of halogens is 3. The number of hydrogen-bond acceptors (Lipinski definition) is 4. The molecule has 4 aromatic carbocycles. The molecule has 0 amide bonds. The number of unbranched alkanes of at least 4 members (excludes halogenated alkanes) is 2. The smallest absolute Gasteiger partial charge is 0.346 e. The minimum Gasteiger partial charge on any atom is -0.494 e. The van der Waals surface area contributed by atoms with Crippen molar-refractivity contribution < 1.29 is 32.2 Å². The average molecular weight is 561 g/mol. The van der Waals surface area contributed by atoms with E-state index in [-0.39, 0.29) is 22.4 Å². The molecule has 0 radical (unpaired) electrons. The first-order valence-corrected chi connectivity index (χ1v) is 13.5. The zero-order chi connectivity index (χ0) is 29.2. The van der Waals surface area contributed by atoms with E-state index in [4.69, 9.17) is 14.2 Å². The summed E-state index contributed by atoms with van der Waals surface area (Å²) in [4.78, 5) is 12.5. The van der Waals surface area contributed by atoms with E-state index in [2.05, 4.69) is 13.5 Å². The van der Waals surface area contributed by atoms with E-state index in [0.717, 1.165) is 31.7 Å². The molecule has 0 fully saturated rings. The maximum Gasteiger partial charge on any atom is 0.346 e. The van der Waals surface area contributed by atoms with Gasteiger partial charge < -0.3 is 14.2 Å². The van der Waals surface area contributed by atoms with Crippen LogP contribution in [0.1, 0.15) is 43.0 Å². The lowest BCUT2D eigenvalue weighted by atomic mass is 9.98. The van der Waals surface area contributed by atoms with Gasteiger partial charge in [0.05, 0.1) is 18.8 Å². The van der Waals surface area contributed by atoms with Gasteiger partial charge in [-0.05, 0) is 66.8 Å². The zero-order valence-corrected chi connectivity index (χ0v) is 22.8. The van der Waals surface area contributed by atoms with Gasteiger partial charge in [-0.1, -0.05) is 55.8 Å². The van der Waals surface area contributed by atoms with Crippen molar-refractivity contribution >= 4 is 5.97 Å². The molecule has 212 valence electrons. The number of esters is 1. The number of ether oxygens (including phenoxy) is 3. The first-order chi connectivity index (χ1) is 19.9. The monoisotopic (exact) mass is 560 g/mol. The van der Waals surface area contributed by atoms with Crippen molar-refractivity contribution in [1.29, 1.82) is 0 Å². The van der Waals surface area contributed by atoms with E-state index < -0.39 is 23.4 Å². The Morgan fingerprint density at radius 2 is 1.27 bits per heavy atom. The molecule has 0 aliphatic heterocycles. The molecule has 41 heavy (non-hydrogen) atoms. The summed E-state index contributed by atoms with van der Waals surface area (Å²) in [6.45, 7) is 6.71. The third-order valence-electron chi connectivity index (χ3n) is 6.37. The fourth-order valence-corrected chi connectivity index (χ4v) is 4.09. The minimum atomic E-state index is -0.996. The molecule has 4 aromatic rings. The van der Waals surface area contributed by atoms with Gasteiger partial charge in [0.2, 0.25) is 0 Å². The Morgan fingerprint density at radius 3 is 1.83 bits per heavy atom. The van der Waals surface area contributed by atoms with Crippen LogP contribution in [0.3, 0.4) is 0 Å². The summed E-state index contributed by atoms with van der Waals surface area (Å²) in [5.41, 5.74) is 0.844. The van der Waals surface area contributed by atoms with Crippen LogP contribution < -0.4 is 14.2 Å². The van der Waals surface area contributed by atoms with Gasteiger partial charge in [-0.15, -0.1) is 6.58 Å². The highest BCUT2D eigenvalue weighted by molar-refractivity contribution is 5.91. The second-order valence-electron chi connectivity index (χ2n) is 9.35. The van der Waals surface area contributed by atoms with Gasteiger partial charge >= 0.3 is 5.97 Å². The molecule has 0 aromatic heterocycles. The molecular formula is C34H31F3O4. The van der Waals surface area contributed by atoms with Crippen molar-refractivity contribution in [2.45, 2.75) is 32.6 Å². The van der Waals surface area contributed by atoms with Gasteiger partial charge in [0.25, 0.3) is 0 Å². The lowest BCUT2D eigenvalue weighted by molar-refractivity contribution is 0.0730. The molecule has 0 unspecified atom stereocenters. The van der Waals surface area contributed by atoms with Gasteiger partial charge in [0.15, 0.2) is 11.6 Å². The highest BCUT2D eigenvalue weighted by Gasteiger charge is 2.18. The Labute approximate surface area is 238 Å². The quantitative estimate of drug-likeness (QED) is 0.0708. The molecule has 0 heterocycles. The lowest BCUT2D eigenvalue weighted by Gasteiger charge is -2.11. The van der Waals surface area contributed by atoms with Crippen molar-refractivity contribution in [3.05, 3.63) is 115 Å². The highest BCUT2D eigenvalue weighted by Crippen LogP contribution is 2.33. The second kappa shape index (κ2) is 14.2. The molecule has 4 rings (SSSR count). The Hall–Kier alpha value is -4.52. The second-order valence-corrected chi connectivity index (χ2v) is 9.35. The van der Waals surface area contributed by atoms with Gasteiger partial charge in [0, 0.05) is 17.2 Å². The van der Waals surface area contributed by atoms with Crippen LogP contribution in [-0.2, 0) is 0 Å². The number of allylic oxidation sites excluding steroid dienone is 1. The summed E-state index contributed by atoms with van der Waals surface area (Å²) < 4.78 is 61.1. The summed E-state index contributed by atoms with van der Waals surface area (Å²) >= 11 is 0. The molecule has 0 N–H and O–H groups in total. The molecule has 0 atom stereocenters. The van der Waals surface area contributed by atoms with E-state index in [9.17, 15) is 9.18 Å². The Balaban J connectivity index is 1.42. The van der Waals surface area contributed by atoms with E-state index in [1.807, 2.05) is 0 Å². The summed E-state index contributed by atoms with van der Waals surface area (Å²) in [5.74, 6) is -2.53. The molecule has 0 saturated heterocycles. The van der Waals surface area contributed by atoms with Crippen LogP contribution in [0.4, 0.5) is 13.2 Å². The van der Waals surface area contributed by atoms with Crippen LogP contribution in [0.15, 0.2) is 91.5 Å². The first kappa shape index (κ1) is 29.5. The van der Waals surface area contributed by atoms with Gasteiger partial charge in [-0.3, -0.25) is 0 Å². The standard InChI is InChI=1S/C34H31F3O4/c1-3-5-7-21-40-27-16-17-30(31(35)22-27)34(38)41-26-14-10-24(11-15-26)29-19-18-28(32(36)33(29)37)23-8-12-25(13-9-23)39-20-6-4-2/h3,8-19,22H,1,4-7,20-21H2,2H3. The van der Waals surface area contributed by atoms with E-state index >= 15 is 8.78 Å². The van der Waals surface area contributed by atoms with Crippen LogP contribution in [0.2, 0.25) is 0 Å². The van der Waals surface area contributed by atoms with Crippen molar-refractivity contribution in [3.8, 4) is 39.5 Å². The molecule has 4 nitrogen and oxygen atoms in total. The molecule has 0 spiro atoms. The SMILES string of the molecule is C=CCCCOc1ccc(C(=O)Oc2ccc(-c3ccc(-c4ccc(OCCCC)cc4)c(F)c3F)cc2)c(F)c1. The highest BCUT2D eigenvalue weighted by atomic mass is 19.2. The Morgan fingerprint density at radius 1 is 0.732 bits per heavy atom. The predicted molar refractivity (Wildman–Crippen MR) is 154 cm³/mol. The van der Waals surface area contributed by atoms with Crippen LogP contribution >= 0.6 is 0 Å². The molecule has 0 aliphatic rings. The number of carbonyl (C=O) groups is 1. The van der Waals surface area contributed by atoms with E-state index in [1.54, 1.807) is 30.3 Å². The topological polar surface area (TPSA) is 44.8 Å². The Bertz CT molecular complexity index is 1480. The maximum absolute atomic E-state index is 15.1. The number of rotatable bonds is 13. The number of hydrogen-bond donors (Lipinski definition) is 0. The Kier molecular flexibility index (Phi) is 10.2. The molecule has 7 heteroatoms. The van der Waals surface area contributed by atoms with E-state index in [1.165, 1.54) is 48.5 Å². The third kappa shape index (κ3) is 7.57. The van der Waals surface area contributed by atoms with Crippen molar-refractivity contribution in [3.63, 3.8) is 0 Å². The van der Waals surface area contributed by atoms with Crippen LogP contribution in [0.25, 0.3) is 22.3 Å². The van der Waals surface area contributed by atoms with Crippen LogP contribution in [0.5, 0.6) is 17.2 Å². The predicted octanol–water partition coefficient (Wildman–Crippen LogP) is 9.18. The number of benzene rings is 4. The summed E-state index contributed by atoms with van der Waals surface area (Å²) in [7, 11) is 0. The van der Waals surface area contributed by atoms with Gasteiger partial charge in [-0.25, -0.2) is 18.0 Å². The molecule has 0 saturated carbocycles. The lowest BCUT2D eigenvalue weighted by Crippen LogP contribution is -2.11. The zero-order valence-electron chi connectivity index (χ0n) is 22.8. The molecule has 0 bridgehead atoms. The van der Waals surface area contributed by atoms with Crippen molar-refractivity contribution in [1.82, 2.24) is 0 Å². The molecule has 0 aliphatic carbocycles. The first-order valence-electron chi connectivity index (χ1n) is 13.5. The fraction of sp³-hybridized carbons (Fsp3) is 0.206. The van der Waals surface area contributed by atoms with Crippen LogP contribution in [-0.4, -0.2) is 19.2 Å². The minimum absolute atomic E-state index is 0.0540. The summed E-state index contributed by atoms with van der Waals surface area (Å²) in [6.07, 6.45) is 5.25. The van der Waals surface area contributed by atoms with Crippen molar-refractivity contribution in [2.75, 3.05) is 13.2 Å². The number of carbonyl (C=O) groups excluding carboxylic acids is 1. The summed E-state index contributed by atoms with van der Waals surface area (Å²) in [6, 6.07) is 19.6. The normalized spacial score (nSPS) is 10.7. The average Bonchev–Trinajstić information content (AvgIpc) is 2.98. The third-order valence-corrected chi connectivity index (χ3v) is 6.37. The van der Waals surface area contributed by atoms with E-state index in [0.29, 0.717) is 35.8 Å². The fourth-order valence-electron chi connectivity index (χ4n) is 4.09. The van der Waals surface area contributed by atoms with Gasteiger partial charge in [0.1, 0.15) is 23.1 Å².